The van der Waals surface area contributed by atoms with Crippen LogP contribution in [0.1, 0.15) is 30.0 Å². The number of thiocarbonyl (C=S) groups is 1. The zero-order valence-corrected chi connectivity index (χ0v) is 12.6. The molecule has 2 atom stereocenters. The van der Waals surface area contributed by atoms with E-state index in [-0.39, 0.29) is 16.8 Å². The Bertz CT molecular complexity index is 613. The molecular formula is C17H18N2OS. The van der Waals surface area contributed by atoms with Crippen LogP contribution < -0.4 is 11.1 Å². The van der Waals surface area contributed by atoms with E-state index in [0.717, 1.165) is 11.1 Å². The molecule has 0 aromatic heterocycles. The van der Waals surface area contributed by atoms with Crippen molar-refractivity contribution in [1.29, 1.82) is 0 Å². The molecule has 0 aliphatic rings. The molecule has 1 amide bonds. The third kappa shape index (κ3) is 3.89. The number of hydrogen-bond acceptors (Lipinski definition) is 2. The molecule has 2 rings (SSSR count). The fourth-order valence-electron chi connectivity index (χ4n) is 2.12. The van der Waals surface area contributed by atoms with E-state index in [1.54, 1.807) is 0 Å². The van der Waals surface area contributed by atoms with Crippen LogP contribution in [-0.2, 0) is 4.79 Å². The minimum atomic E-state index is -0.445. The third-order valence-corrected chi connectivity index (χ3v) is 3.63. The standard InChI is InChI=1S/C17H18N2OS/c1-12(13-8-4-2-5-9-13)17(20)19-15(16(18)21)14-10-6-3-7-11-14/h2-12,15H,1H3,(H2,18,21)(H,19,20). The van der Waals surface area contributed by atoms with Gasteiger partial charge in [0, 0.05) is 0 Å². The van der Waals surface area contributed by atoms with E-state index in [2.05, 4.69) is 5.32 Å². The molecule has 0 bridgehead atoms. The first-order valence-electron chi connectivity index (χ1n) is 6.79. The molecule has 2 aromatic rings. The molecule has 0 heterocycles. The van der Waals surface area contributed by atoms with Crippen LogP contribution in [0.25, 0.3) is 0 Å². The maximum atomic E-state index is 12.4. The second kappa shape index (κ2) is 6.99. The minimum absolute atomic E-state index is 0.0946. The predicted octanol–water partition coefficient (Wildman–Crippen LogP) is 2.93. The summed E-state index contributed by atoms with van der Waals surface area (Å²) in [4.78, 5) is 12.7. The lowest BCUT2D eigenvalue weighted by Gasteiger charge is -2.20. The van der Waals surface area contributed by atoms with Crippen LogP contribution in [0.15, 0.2) is 60.7 Å². The lowest BCUT2D eigenvalue weighted by atomic mass is 9.99. The van der Waals surface area contributed by atoms with E-state index in [1.807, 2.05) is 67.6 Å². The molecule has 0 spiro atoms. The zero-order valence-electron chi connectivity index (χ0n) is 11.8. The van der Waals surface area contributed by atoms with Crippen molar-refractivity contribution in [2.45, 2.75) is 18.9 Å². The summed E-state index contributed by atoms with van der Waals surface area (Å²) in [6, 6.07) is 18.7. The van der Waals surface area contributed by atoms with E-state index in [9.17, 15) is 4.79 Å². The smallest absolute Gasteiger partial charge is 0.228 e. The topological polar surface area (TPSA) is 55.1 Å². The van der Waals surface area contributed by atoms with Gasteiger partial charge in [-0.05, 0) is 18.1 Å². The van der Waals surface area contributed by atoms with Gasteiger partial charge >= 0.3 is 0 Å². The lowest BCUT2D eigenvalue weighted by molar-refractivity contribution is -0.122. The highest BCUT2D eigenvalue weighted by Crippen LogP contribution is 2.18. The number of nitrogens with two attached hydrogens (primary N) is 1. The lowest BCUT2D eigenvalue weighted by Crippen LogP contribution is -2.38. The van der Waals surface area contributed by atoms with Gasteiger partial charge in [0.1, 0.15) is 11.0 Å². The zero-order chi connectivity index (χ0) is 15.2. The Labute approximate surface area is 130 Å². The summed E-state index contributed by atoms with van der Waals surface area (Å²) >= 11 is 5.08. The molecule has 4 heteroatoms. The van der Waals surface area contributed by atoms with Crippen LogP contribution in [0.3, 0.4) is 0 Å². The summed E-state index contributed by atoms with van der Waals surface area (Å²) in [7, 11) is 0. The van der Waals surface area contributed by atoms with Crippen molar-refractivity contribution >= 4 is 23.1 Å². The van der Waals surface area contributed by atoms with Gasteiger partial charge in [0.05, 0.1) is 5.92 Å². The van der Waals surface area contributed by atoms with Gasteiger partial charge in [-0.15, -0.1) is 0 Å². The Morgan fingerprint density at radius 2 is 1.48 bits per heavy atom. The molecule has 0 fully saturated rings. The quantitative estimate of drug-likeness (QED) is 0.835. The Morgan fingerprint density at radius 1 is 1.00 bits per heavy atom. The van der Waals surface area contributed by atoms with Gasteiger partial charge in [0.2, 0.25) is 5.91 Å². The molecule has 0 saturated carbocycles. The molecule has 0 saturated heterocycles. The third-order valence-electron chi connectivity index (χ3n) is 3.40. The first-order chi connectivity index (χ1) is 10.1. The van der Waals surface area contributed by atoms with Crippen molar-refractivity contribution in [3.63, 3.8) is 0 Å². The number of benzene rings is 2. The molecule has 0 aliphatic heterocycles. The molecule has 108 valence electrons. The molecule has 3 nitrogen and oxygen atoms in total. The van der Waals surface area contributed by atoms with Crippen LogP contribution in [0, 0.1) is 0 Å². The van der Waals surface area contributed by atoms with E-state index < -0.39 is 6.04 Å². The van der Waals surface area contributed by atoms with Gasteiger partial charge in [-0.25, -0.2) is 0 Å². The predicted molar refractivity (Wildman–Crippen MR) is 89.0 cm³/mol. The van der Waals surface area contributed by atoms with Gasteiger partial charge in [-0.2, -0.15) is 0 Å². The molecular weight excluding hydrogens is 280 g/mol. The number of hydrogen-bond donors (Lipinski definition) is 2. The van der Waals surface area contributed by atoms with Crippen molar-refractivity contribution in [2.75, 3.05) is 0 Å². The van der Waals surface area contributed by atoms with E-state index >= 15 is 0 Å². The Balaban J connectivity index is 2.14. The average Bonchev–Trinajstić information content (AvgIpc) is 2.53. The Kier molecular flexibility index (Phi) is 5.06. The highest BCUT2D eigenvalue weighted by Gasteiger charge is 2.21. The van der Waals surface area contributed by atoms with Gasteiger partial charge in [-0.3, -0.25) is 4.79 Å². The number of amides is 1. The normalized spacial score (nSPS) is 13.2. The summed E-state index contributed by atoms with van der Waals surface area (Å²) in [5.74, 6) is -0.352. The summed E-state index contributed by atoms with van der Waals surface area (Å²) in [5.41, 5.74) is 7.62. The molecule has 0 radical (unpaired) electrons. The van der Waals surface area contributed by atoms with E-state index in [4.69, 9.17) is 18.0 Å². The average molecular weight is 298 g/mol. The molecule has 2 unspecified atom stereocenters. The van der Waals surface area contributed by atoms with Crippen molar-refractivity contribution < 1.29 is 4.79 Å². The van der Waals surface area contributed by atoms with Crippen LogP contribution in [-0.4, -0.2) is 10.9 Å². The van der Waals surface area contributed by atoms with Gasteiger partial charge in [0.25, 0.3) is 0 Å². The van der Waals surface area contributed by atoms with E-state index in [1.165, 1.54) is 0 Å². The molecule has 2 aromatic carbocycles. The SMILES string of the molecule is CC(C(=O)NC(C(N)=S)c1ccccc1)c1ccccc1. The van der Waals surface area contributed by atoms with Crippen molar-refractivity contribution in [1.82, 2.24) is 5.32 Å². The highest BCUT2D eigenvalue weighted by molar-refractivity contribution is 7.80. The molecule has 0 aliphatic carbocycles. The van der Waals surface area contributed by atoms with Crippen LogP contribution in [0.5, 0.6) is 0 Å². The Hall–Kier alpha value is -2.20. The maximum Gasteiger partial charge on any atom is 0.228 e. The van der Waals surface area contributed by atoms with Crippen LogP contribution in [0.4, 0.5) is 0 Å². The number of carbonyl (C=O) groups is 1. The number of rotatable bonds is 5. The summed E-state index contributed by atoms with van der Waals surface area (Å²) < 4.78 is 0. The van der Waals surface area contributed by atoms with Crippen molar-refractivity contribution in [3.8, 4) is 0 Å². The monoisotopic (exact) mass is 298 g/mol. The van der Waals surface area contributed by atoms with Crippen LogP contribution >= 0.6 is 12.2 Å². The van der Waals surface area contributed by atoms with Gasteiger partial charge in [0.15, 0.2) is 0 Å². The van der Waals surface area contributed by atoms with Crippen molar-refractivity contribution in [3.05, 3.63) is 71.8 Å². The Morgan fingerprint density at radius 3 is 1.95 bits per heavy atom. The highest BCUT2D eigenvalue weighted by atomic mass is 32.1. The number of nitrogens with one attached hydrogen (secondary N) is 1. The van der Waals surface area contributed by atoms with Gasteiger partial charge in [-0.1, -0.05) is 72.9 Å². The fourth-order valence-corrected chi connectivity index (χ4v) is 2.32. The second-order valence-corrected chi connectivity index (χ2v) is 5.36. The molecule has 3 N–H and O–H groups in total. The summed E-state index contributed by atoms with van der Waals surface area (Å²) in [6.45, 7) is 1.87. The summed E-state index contributed by atoms with van der Waals surface area (Å²) in [6.07, 6.45) is 0. The summed E-state index contributed by atoms with van der Waals surface area (Å²) in [5, 5.41) is 2.93. The largest absolute Gasteiger partial charge is 0.391 e. The second-order valence-electron chi connectivity index (χ2n) is 4.89. The van der Waals surface area contributed by atoms with Crippen molar-refractivity contribution in [2.24, 2.45) is 5.73 Å². The molecule has 21 heavy (non-hydrogen) atoms. The van der Waals surface area contributed by atoms with E-state index in [0.29, 0.717) is 0 Å². The number of carbonyl (C=O) groups excluding carboxylic acids is 1. The maximum absolute atomic E-state index is 12.4. The van der Waals surface area contributed by atoms with Crippen LogP contribution in [0.2, 0.25) is 0 Å². The minimum Gasteiger partial charge on any atom is -0.391 e. The fraction of sp³-hybridized carbons (Fsp3) is 0.176. The first-order valence-corrected chi connectivity index (χ1v) is 7.20. The first kappa shape index (κ1) is 15.2. The van der Waals surface area contributed by atoms with Gasteiger partial charge < -0.3 is 11.1 Å².